The second kappa shape index (κ2) is 10.5. The fourth-order valence-electron chi connectivity index (χ4n) is 2.66. The average molecular weight is 397 g/mol. The first kappa shape index (κ1) is 22.4. The fraction of sp³-hybridized carbons (Fsp3) is 0.588. The van der Waals surface area contributed by atoms with Crippen LogP contribution in [-0.2, 0) is 11.2 Å². The van der Waals surface area contributed by atoms with Crippen LogP contribution in [0.2, 0.25) is 0 Å². The molecule has 1 aromatic rings. The Labute approximate surface area is 157 Å². The first-order valence-corrected chi connectivity index (χ1v) is 8.24. The van der Waals surface area contributed by atoms with Gasteiger partial charge in [0.25, 0.3) is 0 Å². The normalized spacial score (nSPS) is 16.7. The van der Waals surface area contributed by atoms with Gasteiger partial charge in [0.05, 0.1) is 7.11 Å². The average Bonchev–Trinajstić information content (AvgIpc) is 3.09. The summed E-state index contributed by atoms with van der Waals surface area (Å²) >= 11 is 0. The van der Waals surface area contributed by atoms with E-state index in [2.05, 4.69) is 10.6 Å². The summed E-state index contributed by atoms with van der Waals surface area (Å²) in [5.41, 5.74) is 0.797. The minimum absolute atomic E-state index is 0. The SMILES string of the molecule is COc1cc(CCC(=O)NCC2CCCN2)ccc1OCC(F)(F)F.Cl. The van der Waals surface area contributed by atoms with Crippen molar-refractivity contribution in [2.75, 3.05) is 26.8 Å². The van der Waals surface area contributed by atoms with Gasteiger partial charge in [-0.2, -0.15) is 13.2 Å². The lowest BCUT2D eigenvalue weighted by molar-refractivity contribution is -0.153. The van der Waals surface area contributed by atoms with Crippen LogP contribution in [0.5, 0.6) is 11.5 Å². The lowest BCUT2D eigenvalue weighted by Crippen LogP contribution is -2.37. The summed E-state index contributed by atoms with van der Waals surface area (Å²) < 4.78 is 46.5. The number of alkyl halides is 3. The van der Waals surface area contributed by atoms with Gasteiger partial charge in [-0.15, -0.1) is 12.4 Å². The Morgan fingerprint density at radius 3 is 2.73 bits per heavy atom. The molecule has 1 aliphatic heterocycles. The third-order valence-corrected chi connectivity index (χ3v) is 3.97. The summed E-state index contributed by atoms with van der Waals surface area (Å²) in [5.74, 6) is 0.197. The van der Waals surface area contributed by atoms with E-state index in [0.717, 1.165) is 24.9 Å². The fourth-order valence-corrected chi connectivity index (χ4v) is 2.66. The van der Waals surface area contributed by atoms with E-state index in [0.29, 0.717) is 25.4 Å². The Morgan fingerprint density at radius 2 is 2.12 bits per heavy atom. The van der Waals surface area contributed by atoms with Crippen LogP contribution in [0, 0.1) is 0 Å². The molecule has 148 valence electrons. The second-order valence-corrected chi connectivity index (χ2v) is 5.99. The summed E-state index contributed by atoms with van der Waals surface area (Å²) in [7, 11) is 1.36. The Hall–Kier alpha value is -1.67. The number of halogens is 4. The molecule has 1 aliphatic rings. The summed E-state index contributed by atoms with van der Waals surface area (Å²) in [5, 5.41) is 6.19. The topological polar surface area (TPSA) is 59.6 Å². The highest BCUT2D eigenvalue weighted by Gasteiger charge is 2.29. The predicted octanol–water partition coefficient (Wildman–Crippen LogP) is 2.86. The van der Waals surface area contributed by atoms with Crippen LogP contribution in [-0.4, -0.2) is 44.9 Å². The van der Waals surface area contributed by atoms with Crippen molar-refractivity contribution in [2.24, 2.45) is 0 Å². The Morgan fingerprint density at radius 1 is 1.35 bits per heavy atom. The van der Waals surface area contributed by atoms with Gasteiger partial charge >= 0.3 is 6.18 Å². The molecule has 0 radical (unpaired) electrons. The van der Waals surface area contributed by atoms with E-state index in [1.165, 1.54) is 13.2 Å². The van der Waals surface area contributed by atoms with Crippen LogP contribution in [0.3, 0.4) is 0 Å². The molecule has 5 nitrogen and oxygen atoms in total. The van der Waals surface area contributed by atoms with Gasteiger partial charge in [-0.05, 0) is 43.5 Å². The maximum absolute atomic E-state index is 12.2. The standard InChI is InChI=1S/C17H23F3N2O3.ClH/c1-24-15-9-12(4-6-14(15)25-11-17(18,19)20)5-7-16(23)22-10-13-3-2-8-21-13;/h4,6,9,13,21H,2-3,5,7-8,10-11H2,1H3,(H,22,23);1H. The molecule has 0 spiro atoms. The number of nitrogens with one attached hydrogen (secondary N) is 2. The number of hydrogen-bond acceptors (Lipinski definition) is 4. The predicted molar refractivity (Wildman–Crippen MR) is 94.1 cm³/mol. The highest BCUT2D eigenvalue weighted by Crippen LogP contribution is 2.30. The quantitative estimate of drug-likeness (QED) is 0.709. The zero-order valence-corrected chi connectivity index (χ0v) is 15.3. The monoisotopic (exact) mass is 396 g/mol. The summed E-state index contributed by atoms with van der Waals surface area (Å²) in [6, 6.07) is 5.01. The number of methoxy groups -OCH3 is 1. The van der Waals surface area contributed by atoms with Crippen molar-refractivity contribution in [2.45, 2.75) is 37.9 Å². The van der Waals surface area contributed by atoms with Gasteiger partial charge in [0.1, 0.15) is 0 Å². The molecule has 26 heavy (non-hydrogen) atoms. The lowest BCUT2D eigenvalue weighted by Gasteiger charge is -2.14. The van der Waals surface area contributed by atoms with Crippen LogP contribution in [0.15, 0.2) is 18.2 Å². The number of aryl methyl sites for hydroxylation is 1. The van der Waals surface area contributed by atoms with Gasteiger partial charge in [-0.3, -0.25) is 4.79 Å². The number of amides is 1. The molecule has 9 heteroatoms. The van der Waals surface area contributed by atoms with E-state index >= 15 is 0 Å². The zero-order valence-electron chi connectivity index (χ0n) is 14.5. The Balaban J connectivity index is 0.00000338. The smallest absolute Gasteiger partial charge is 0.422 e. The van der Waals surface area contributed by atoms with E-state index in [1.54, 1.807) is 12.1 Å². The molecule has 1 atom stereocenters. The zero-order chi connectivity index (χ0) is 18.3. The van der Waals surface area contributed by atoms with Crippen molar-refractivity contribution < 1.29 is 27.4 Å². The maximum Gasteiger partial charge on any atom is 0.422 e. The summed E-state index contributed by atoms with van der Waals surface area (Å²) in [4.78, 5) is 11.9. The van der Waals surface area contributed by atoms with E-state index in [4.69, 9.17) is 9.47 Å². The van der Waals surface area contributed by atoms with Gasteiger partial charge in [0, 0.05) is 19.0 Å². The van der Waals surface area contributed by atoms with Gasteiger partial charge in [-0.1, -0.05) is 6.07 Å². The molecule has 0 aromatic heterocycles. The van der Waals surface area contributed by atoms with Crippen LogP contribution < -0.4 is 20.1 Å². The third kappa shape index (κ3) is 7.70. The molecule has 1 heterocycles. The lowest BCUT2D eigenvalue weighted by atomic mass is 10.1. The van der Waals surface area contributed by atoms with Crippen LogP contribution >= 0.6 is 12.4 Å². The molecular weight excluding hydrogens is 373 g/mol. The molecule has 0 bridgehead atoms. The molecule has 1 amide bonds. The van der Waals surface area contributed by atoms with Crippen molar-refractivity contribution in [3.8, 4) is 11.5 Å². The van der Waals surface area contributed by atoms with Crippen molar-refractivity contribution in [1.29, 1.82) is 0 Å². The Kier molecular flexibility index (Phi) is 9.01. The van der Waals surface area contributed by atoms with E-state index < -0.39 is 12.8 Å². The van der Waals surface area contributed by atoms with Crippen molar-refractivity contribution >= 4 is 18.3 Å². The summed E-state index contributed by atoms with van der Waals surface area (Å²) in [6.07, 6.45) is -1.44. The number of hydrogen-bond donors (Lipinski definition) is 2. The van der Waals surface area contributed by atoms with E-state index in [-0.39, 0.29) is 29.8 Å². The van der Waals surface area contributed by atoms with Crippen molar-refractivity contribution in [3.63, 3.8) is 0 Å². The Bertz CT molecular complexity index is 579. The number of ether oxygens (including phenoxy) is 2. The number of rotatable bonds is 8. The van der Waals surface area contributed by atoms with Gasteiger partial charge in [-0.25, -0.2) is 0 Å². The molecule has 2 rings (SSSR count). The number of carbonyl (C=O) groups is 1. The van der Waals surface area contributed by atoms with E-state index in [1.807, 2.05) is 0 Å². The molecule has 1 unspecified atom stereocenters. The van der Waals surface area contributed by atoms with Crippen LogP contribution in [0.1, 0.15) is 24.8 Å². The molecule has 1 aromatic carbocycles. The highest BCUT2D eigenvalue weighted by atomic mass is 35.5. The van der Waals surface area contributed by atoms with Gasteiger partial charge < -0.3 is 20.1 Å². The maximum atomic E-state index is 12.2. The first-order valence-electron chi connectivity index (χ1n) is 8.24. The number of benzene rings is 1. The van der Waals surface area contributed by atoms with Gasteiger partial charge in [0.15, 0.2) is 18.1 Å². The molecular formula is C17H24ClF3N2O3. The largest absolute Gasteiger partial charge is 0.493 e. The van der Waals surface area contributed by atoms with Crippen molar-refractivity contribution in [3.05, 3.63) is 23.8 Å². The van der Waals surface area contributed by atoms with E-state index in [9.17, 15) is 18.0 Å². The first-order chi connectivity index (χ1) is 11.9. The molecule has 2 N–H and O–H groups in total. The molecule has 0 aliphatic carbocycles. The van der Waals surface area contributed by atoms with Gasteiger partial charge in [0.2, 0.25) is 5.91 Å². The third-order valence-electron chi connectivity index (χ3n) is 3.97. The highest BCUT2D eigenvalue weighted by molar-refractivity contribution is 5.85. The second-order valence-electron chi connectivity index (χ2n) is 5.99. The molecule has 1 saturated heterocycles. The van der Waals surface area contributed by atoms with Crippen LogP contribution in [0.25, 0.3) is 0 Å². The summed E-state index contributed by atoms with van der Waals surface area (Å²) in [6.45, 7) is 0.232. The minimum Gasteiger partial charge on any atom is -0.493 e. The minimum atomic E-state index is -4.41. The van der Waals surface area contributed by atoms with Crippen molar-refractivity contribution in [1.82, 2.24) is 10.6 Å². The number of carbonyl (C=O) groups excluding carboxylic acids is 1. The molecule has 1 fully saturated rings. The van der Waals surface area contributed by atoms with Crippen LogP contribution in [0.4, 0.5) is 13.2 Å². The molecule has 0 saturated carbocycles.